The minimum Gasteiger partial charge on any atom is -0.379 e. The van der Waals surface area contributed by atoms with E-state index < -0.39 is 0 Å². The van der Waals surface area contributed by atoms with Gasteiger partial charge in [-0.25, -0.2) is 4.98 Å². The summed E-state index contributed by atoms with van der Waals surface area (Å²) in [5, 5.41) is 0.658. The molecule has 0 N–H and O–H groups in total. The predicted molar refractivity (Wildman–Crippen MR) is 80.0 cm³/mol. The van der Waals surface area contributed by atoms with Crippen LogP contribution >= 0.6 is 23.2 Å². The molecule has 104 valence electrons. The van der Waals surface area contributed by atoms with Crippen molar-refractivity contribution < 1.29 is 4.74 Å². The molecule has 3 nitrogen and oxygen atoms in total. The number of benzene rings is 1. The number of rotatable bonds is 6. The fraction of sp³-hybridized carbons (Fsp3) is 0.500. The summed E-state index contributed by atoms with van der Waals surface area (Å²) in [5.74, 6) is 1.74. The maximum atomic E-state index is 6.15. The van der Waals surface area contributed by atoms with E-state index in [1.165, 1.54) is 0 Å². The van der Waals surface area contributed by atoms with Crippen molar-refractivity contribution in [3.63, 3.8) is 0 Å². The Hall–Kier alpha value is -0.770. The Bertz CT molecular complexity index is 552. The number of alkyl halides is 1. The van der Waals surface area contributed by atoms with Gasteiger partial charge in [0.05, 0.1) is 23.0 Å². The highest BCUT2D eigenvalue weighted by molar-refractivity contribution is 6.34. The smallest absolute Gasteiger partial charge is 0.124 e. The predicted octanol–water partition coefficient (Wildman–Crippen LogP) is 4.10. The number of imidazole rings is 1. The Morgan fingerprint density at radius 2 is 2.16 bits per heavy atom. The molecule has 0 fully saturated rings. The highest BCUT2D eigenvalue weighted by Gasteiger charge is 2.11. The zero-order valence-corrected chi connectivity index (χ0v) is 12.7. The number of ether oxygens (including phenoxy) is 1. The molecular formula is C14H18Cl2N2O. The van der Waals surface area contributed by atoms with Crippen LogP contribution in [0.15, 0.2) is 18.2 Å². The minimum absolute atomic E-state index is 0.370. The number of nitrogens with zero attached hydrogens (tertiary/aromatic N) is 2. The van der Waals surface area contributed by atoms with Crippen LogP contribution in [0.1, 0.15) is 19.7 Å². The van der Waals surface area contributed by atoms with Crippen molar-refractivity contribution in [3.05, 3.63) is 29.0 Å². The van der Waals surface area contributed by atoms with E-state index in [2.05, 4.69) is 23.4 Å². The summed E-state index contributed by atoms with van der Waals surface area (Å²) in [6.07, 6.45) is 0. The molecule has 0 bridgehead atoms. The van der Waals surface area contributed by atoms with Gasteiger partial charge in [0.25, 0.3) is 0 Å². The average Bonchev–Trinajstić information content (AvgIpc) is 2.74. The first-order valence-corrected chi connectivity index (χ1v) is 7.32. The van der Waals surface area contributed by atoms with Gasteiger partial charge in [-0.2, -0.15) is 0 Å². The molecule has 0 atom stereocenters. The van der Waals surface area contributed by atoms with E-state index in [9.17, 15) is 0 Å². The van der Waals surface area contributed by atoms with Crippen molar-refractivity contribution in [2.45, 2.75) is 26.3 Å². The van der Waals surface area contributed by atoms with Crippen LogP contribution in [0.25, 0.3) is 11.0 Å². The Labute approximate surface area is 123 Å². The lowest BCUT2D eigenvalue weighted by atomic mass is 10.2. The molecule has 0 unspecified atom stereocenters. The molecule has 19 heavy (non-hydrogen) atoms. The molecule has 0 spiro atoms. The molecule has 2 rings (SSSR count). The SMILES string of the molecule is CC(C)COCCn1c(CCl)nc2c(Cl)cccc21. The highest BCUT2D eigenvalue weighted by atomic mass is 35.5. The summed E-state index contributed by atoms with van der Waals surface area (Å²) in [7, 11) is 0. The average molecular weight is 301 g/mol. The van der Waals surface area contributed by atoms with Gasteiger partial charge in [0.2, 0.25) is 0 Å². The van der Waals surface area contributed by atoms with Gasteiger partial charge in [-0.1, -0.05) is 31.5 Å². The maximum Gasteiger partial charge on any atom is 0.124 e. The van der Waals surface area contributed by atoms with E-state index in [0.29, 0.717) is 23.4 Å². The second kappa shape index (κ2) is 6.60. The molecule has 0 amide bonds. The third-order valence-electron chi connectivity index (χ3n) is 2.84. The molecule has 0 aliphatic heterocycles. The molecule has 0 aliphatic carbocycles. The molecule has 1 aromatic carbocycles. The van der Waals surface area contributed by atoms with Gasteiger partial charge >= 0.3 is 0 Å². The third kappa shape index (κ3) is 3.41. The zero-order valence-electron chi connectivity index (χ0n) is 11.2. The van der Waals surface area contributed by atoms with Crippen molar-refractivity contribution in [1.29, 1.82) is 0 Å². The third-order valence-corrected chi connectivity index (χ3v) is 3.38. The van der Waals surface area contributed by atoms with Crippen LogP contribution in [0, 0.1) is 5.92 Å². The van der Waals surface area contributed by atoms with Crippen molar-refractivity contribution in [1.82, 2.24) is 9.55 Å². The van der Waals surface area contributed by atoms with E-state index in [-0.39, 0.29) is 0 Å². The Morgan fingerprint density at radius 3 is 2.84 bits per heavy atom. The summed E-state index contributed by atoms with van der Waals surface area (Å²) in [6.45, 7) is 6.43. The molecule has 0 saturated heterocycles. The Balaban J connectivity index is 2.18. The number of aromatic nitrogens is 2. The summed E-state index contributed by atoms with van der Waals surface area (Å²) < 4.78 is 7.70. The topological polar surface area (TPSA) is 27.1 Å². The molecule has 1 heterocycles. The summed E-state index contributed by atoms with van der Waals surface area (Å²) in [6, 6.07) is 5.77. The van der Waals surface area contributed by atoms with Gasteiger partial charge in [-0.3, -0.25) is 0 Å². The van der Waals surface area contributed by atoms with E-state index >= 15 is 0 Å². The van der Waals surface area contributed by atoms with Crippen LogP contribution in [0.3, 0.4) is 0 Å². The van der Waals surface area contributed by atoms with Gasteiger partial charge in [0, 0.05) is 13.2 Å². The zero-order chi connectivity index (χ0) is 13.8. The largest absolute Gasteiger partial charge is 0.379 e. The van der Waals surface area contributed by atoms with Gasteiger partial charge in [-0.05, 0) is 18.1 Å². The molecule has 0 aliphatic rings. The normalized spacial score (nSPS) is 11.6. The van der Waals surface area contributed by atoms with E-state index in [1.807, 2.05) is 18.2 Å². The molecular weight excluding hydrogens is 283 g/mol. The monoisotopic (exact) mass is 300 g/mol. The first kappa shape index (κ1) is 14.6. The lowest BCUT2D eigenvalue weighted by Gasteiger charge is -2.10. The van der Waals surface area contributed by atoms with Crippen molar-refractivity contribution in [2.75, 3.05) is 13.2 Å². The van der Waals surface area contributed by atoms with Crippen LogP contribution in [0.2, 0.25) is 5.02 Å². The van der Waals surface area contributed by atoms with Crippen LogP contribution in [-0.4, -0.2) is 22.8 Å². The number of halogens is 2. The lowest BCUT2D eigenvalue weighted by molar-refractivity contribution is 0.103. The Kier molecular flexibility index (Phi) is 5.08. The van der Waals surface area contributed by atoms with E-state index in [4.69, 9.17) is 27.9 Å². The number of para-hydroxylation sites is 1. The van der Waals surface area contributed by atoms with Crippen molar-refractivity contribution in [3.8, 4) is 0 Å². The quantitative estimate of drug-likeness (QED) is 0.593. The Morgan fingerprint density at radius 1 is 1.37 bits per heavy atom. The van der Waals surface area contributed by atoms with Gasteiger partial charge in [0.1, 0.15) is 11.3 Å². The van der Waals surface area contributed by atoms with Gasteiger partial charge < -0.3 is 9.30 Å². The second-order valence-electron chi connectivity index (χ2n) is 4.89. The second-order valence-corrected chi connectivity index (χ2v) is 5.56. The van der Waals surface area contributed by atoms with Crippen molar-refractivity contribution >= 4 is 34.2 Å². The standard InChI is InChI=1S/C14H18Cl2N2O/c1-10(2)9-19-7-6-18-12-5-3-4-11(16)14(12)17-13(18)8-15/h3-5,10H,6-9H2,1-2H3. The van der Waals surface area contributed by atoms with Crippen molar-refractivity contribution in [2.24, 2.45) is 5.92 Å². The molecule has 2 aromatic rings. The fourth-order valence-electron chi connectivity index (χ4n) is 1.99. The lowest BCUT2D eigenvalue weighted by Crippen LogP contribution is -2.11. The summed E-state index contributed by atoms with van der Waals surface area (Å²) in [5.41, 5.74) is 1.82. The van der Waals surface area contributed by atoms with E-state index in [0.717, 1.165) is 30.0 Å². The number of hydrogen-bond acceptors (Lipinski definition) is 2. The molecule has 0 saturated carbocycles. The fourth-order valence-corrected chi connectivity index (χ4v) is 2.40. The van der Waals surface area contributed by atoms with Crippen LogP contribution < -0.4 is 0 Å². The van der Waals surface area contributed by atoms with Gasteiger partial charge in [-0.15, -0.1) is 11.6 Å². The summed E-state index contributed by atoms with van der Waals surface area (Å²) in [4.78, 5) is 4.49. The first-order chi connectivity index (χ1) is 9.13. The maximum absolute atomic E-state index is 6.15. The van der Waals surface area contributed by atoms with E-state index in [1.54, 1.807) is 0 Å². The molecule has 1 aromatic heterocycles. The van der Waals surface area contributed by atoms with Crippen LogP contribution in [0.4, 0.5) is 0 Å². The number of hydrogen-bond donors (Lipinski definition) is 0. The first-order valence-electron chi connectivity index (χ1n) is 6.40. The molecule has 5 heteroatoms. The number of fused-ring (bicyclic) bond motifs is 1. The highest BCUT2D eigenvalue weighted by Crippen LogP contribution is 2.24. The minimum atomic E-state index is 0.370. The van der Waals surface area contributed by atoms with Crippen LogP contribution in [-0.2, 0) is 17.2 Å². The summed E-state index contributed by atoms with van der Waals surface area (Å²) >= 11 is 12.1. The van der Waals surface area contributed by atoms with Crippen LogP contribution in [0.5, 0.6) is 0 Å². The van der Waals surface area contributed by atoms with Gasteiger partial charge in [0.15, 0.2) is 0 Å². The molecule has 0 radical (unpaired) electrons.